The van der Waals surface area contributed by atoms with Gasteiger partial charge >= 0.3 is 5.69 Å². The molecule has 0 saturated heterocycles. The molecule has 2 rings (SSSR count). The Balaban J connectivity index is 2.06. The second-order valence-corrected chi connectivity index (χ2v) is 5.40. The summed E-state index contributed by atoms with van der Waals surface area (Å²) in [6.07, 6.45) is 5.19. The number of rotatable bonds is 7. The first-order valence-corrected chi connectivity index (χ1v) is 7.35. The van der Waals surface area contributed by atoms with Gasteiger partial charge in [-0.05, 0) is 37.1 Å². The molecule has 0 aliphatic carbocycles. The number of imidazole rings is 1. The average molecular weight is 289 g/mol. The van der Waals surface area contributed by atoms with Crippen LogP contribution in [-0.4, -0.2) is 27.8 Å². The Morgan fingerprint density at radius 3 is 2.38 bits per heavy atom. The van der Waals surface area contributed by atoms with Crippen LogP contribution in [0.2, 0.25) is 0 Å². The van der Waals surface area contributed by atoms with E-state index in [1.807, 2.05) is 24.3 Å². The highest BCUT2D eigenvalue weighted by atomic mass is 16.3. The molecule has 0 amide bonds. The highest BCUT2D eigenvalue weighted by Gasteiger charge is 2.24. The normalized spacial score (nSPS) is 11.6. The maximum atomic E-state index is 11.5. The predicted octanol–water partition coefficient (Wildman–Crippen LogP) is 2.38. The molecule has 0 fully saturated rings. The second-order valence-electron chi connectivity index (χ2n) is 5.40. The van der Waals surface area contributed by atoms with E-state index in [-0.39, 0.29) is 17.7 Å². The molecule has 114 valence electrons. The summed E-state index contributed by atoms with van der Waals surface area (Å²) in [5.74, 6) is 0. The van der Waals surface area contributed by atoms with Gasteiger partial charge in [-0.15, -0.1) is 0 Å². The highest BCUT2D eigenvalue weighted by molar-refractivity contribution is 5.48. The van der Waals surface area contributed by atoms with Crippen LogP contribution in [0.25, 0.3) is 5.69 Å². The summed E-state index contributed by atoms with van der Waals surface area (Å²) in [6.45, 7) is 5.12. The van der Waals surface area contributed by atoms with Gasteiger partial charge in [0.25, 0.3) is 0 Å². The molecule has 1 aromatic carbocycles. The molecule has 1 heterocycles. The Labute approximate surface area is 124 Å². The number of aliphatic hydroxyl groups excluding tert-OH is 1. The lowest BCUT2D eigenvalue weighted by molar-refractivity contribution is 0.127. The Morgan fingerprint density at radius 2 is 1.90 bits per heavy atom. The standard InChI is InChI=1S/C16H23N3O2/c1-3-16(4-2,12-20)11-18-13-5-7-14(8-6-13)19-10-9-17-15(19)21/h5-10,18,20H,3-4,11-12H2,1-2H3,(H,17,21). The molecule has 0 bridgehead atoms. The van der Waals surface area contributed by atoms with Crippen LogP contribution in [0.3, 0.4) is 0 Å². The molecule has 5 nitrogen and oxygen atoms in total. The van der Waals surface area contributed by atoms with Crippen molar-refractivity contribution in [1.29, 1.82) is 0 Å². The van der Waals surface area contributed by atoms with Gasteiger partial charge in [0, 0.05) is 30.0 Å². The molecule has 0 aliphatic heterocycles. The van der Waals surface area contributed by atoms with Crippen molar-refractivity contribution in [3.8, 4) is 5.69 Å². The molecule has 1 aromatic heterocycles. The summed E-state index contributed by atoms with van der Waals surface area (Å²) in [5, 5.41) is 12.9. The summed E-state index contributed by atoms with van der Waals surface area (Å²) in [6, 6.07) is 7.69. The number of aromatic nitrogens is 2. The van der Waals surface area contributed by atoms with Gasteiger partial charge in [0.05, 0.1) is 12.3 Å². The van der Waals surface area contributed by atoms with Gasteiger partial charge < -0.3 is 15.4 Å². The van der Waals surface area contributed by atoms with Crippen molar-refractivity contribution in [3.05, 3.63) is 47.1 Å². The van der Waals surface area contributed by atoms with E-state index in [1.54, 1.807) is 17.0 Å². The third-order valence-corrected chi connectivity index (χ3v) is 4.30. The van der Waals surface area contributed by atoms with Crippen molar-refractivity contribution in [2.24, 2.45) is 5.41 Å². The van der Waals surface area contributed by atoms with Gasteiger partial charge in [0.2, 0.25) is 0 Å². The van der Waals surface area contributed by atoms with E-state index in [1.165, 1.54) is 0 Å². The van der Waals surface area contributed by atoms with E-state index in [0.717, 1.165) is 30.8 Å². The van der Waals surface area contributed by atoms with E-state index in [2.05, 4.69) is 24.1 Å². The first kappa shape index (κ1) is 15.4. The maximum Gasteiger partial charge on any atom is 0.330 e. The lowest BCUT2D eigenvalue weighted by atomic mass is 9.83. The summed E-state index contributed by atoms with van der Waals surface area (Å²) >= 11 is 0. The van der Waals surface area contributed by atoms with Crippen LogP contribution < -0.4 is 11.0 Å². The molecule has 0 aliphatic rings. The molecule has 0 radical (unpaired) electrons. The van der Waals surface area contributed by atoms with Crippen molar-refractivity contribution >= 4 is 5.69 Å². The van der Waals surface area contributed by atoms with Crippen LogP contribution in [0.1, 0.15) is 26.7 Å². The number of hydrogen-bond donors (Lipinski definition) is 3. The van der Waals surface area contributed by atoms with Gasteiger partial charge in [0.15, 0.2) is 0 Å². The predicted molar refractivity (Wildman–Crippen MR) is 85.0 cm³/mol. The van der Waals surface area contributed by atoms with Crippen molar-refractivity contribution in [3.63, 3.8) is 0 Å². The van der Waals surface area contributed by atoms with Crippen LogP contribution in [0.5, 0.6) is 0 Å². The summed E-state index contributed by atoms with van der Waals surface area (Å²) < 4.78 is 1.56. The molecular formula is C16H23N3O2. The van der Waals surface area contributed by atoms with Gasteiger partial charge in [-0.2, -0.15) is 0 Å². The number of aliphatic hydroxyl groups is 1. The van der Waals surface area contributed by atoms with Gasteiger partial charge in [-0.3, -0.25) is 4.57 Å². The Bertz CT molecular complexity index is 601. The van der Waals surface area contributed by atoms with Gasteiger partial charge in [-0.1, -0.05) is 13.8 Å². The fraction of sp³-hybridized carbons (Fsp3) is 0.438. The maximum absolute atomic E-state index is 11.5. The van der Waals surface area contributed by atoms with Crippen molar-refractivity contribution in [2.45, 2.75) is 26.7 Å². The largest absolute Gasteiger partial charge is 0.396 e. The van der Waals surface area contributed by atoms with Crippen LogP contribution in [0, 0.1) is 5.41 Å². The van der Waals surface area contributed by atoms with Crippen molar-refractivity contribution in [1.82, 2.24) is 9.55 Å². The summed E-state index contributed by atoms with van der Waals surface area (Å²) in [5.41, 5.74) is 1.59. The van der Waals surface area contributed by atoms with Crippen LogP contribution in [0.15, 0.2) is 41.5 Å². The van der Waals surface area contributed by atoms with Crippen LogP contribution >= 0.6 is 0 Å². The number of aromatic amines is 1. The summed E-state index contributed by atoms with van der Waals surface area (Å²) in [7, 11) is 0. The first-order chi connectivity index (χ1) is 10.1. The first-order valence-electron chi connectivity index (χ1n) is 7.35. The van der Waals surface area contributed by atoms with Gasteiger partial charge in [-0.25, -0.2) is 4.79 Å². The Kier molecular flexibility index (Phi) is 4.85. The Morgan fingerprint density at radius 1 is 1.24 bits per heavy atom. The van der Waals surface area contributed by atoms with Gasteiger partial charge in [0.1, 0.15) is 0 Å². The molecule has 0 saturated carbocycles. The SMILES string of the molecule is CCC(CC)(CO)CNc1ccc(-n2cc[nH]c2=O)cc1. The molecule has 2 aromatic rings. The zero-order valence-corrected chi connectivity index (χ0v) is 12.6. The highest BCUT2D eigenvalue weighted by Crippen LogP contribution is 2.26. The monoisotopic (exact) mass is 289 g/mol. The number of hydrogen-bond acceptors (Lipinski definition) is 3. The van der Waals surface area contributed by atoms with E-state index < -0.39 is 0 Å². The third-order valence-electron chi connectivity index (χ3n) is 4.30. The minimum Gasteiger partial charge on any atom is -0.396 e. The summed E-state index contributed by atoms with van der Waals surface area (Å²) in [4.78, 5) is 14.2. The molecule has 21 heavy (non-hydrogen) atoms. The number of nitrogens with zero attached hydrogens (tertiary/aromatic N) is 1. The fourth-order valence-corrected chi connectivity index (χ4v) is 2.33. The number of nitrogens with one attached hydrogen (secondary N) is 2. The zero-order chi connectivity index (χ0) is 15.3. The van der Waals surface area contributed by atoms with Crippen LogP contribution in [-0.2, 0) is 0 Å². The number of benzene rings is 1. The van der Waals surface area contributed by atoms with Crippen molar-refractivity contribution in [2.75, 3.05) is 18.5 Å². The molecule has 0 spiro atoms. The van der Waals surface area contributed by atoms with Crippen LogP contribution in [0.4, 0.5) is 5.69 Å². The lowest BCUT2D eigenvalue weighted by Gasteiger charge is -2.30. The smallest absolute Gasteiger partial charge is 0.330 e. The van der Waals surface area contributed by atoms with Crippen molar-refractivity contribution < 1.29 is 5.11 Å². The van der Waals surface area contributed by atoms with E-state index >= 15 is 0 Å². The second kappa shape index (κ2) is 6.63. The molecule has 5 heteroatoms. The molecule has 0 atom stereocenters. The quantitative estimate of drug-likeness (QED) is 0.733. The Hall–Kier alpha value is -2.01. The number of anilines is 1. The van der Waals surface area contributed by atoms with E-state index in [4.69, 9.17) is 0 Å². The minimum atomic E-state index is -0.146. The fourth-order valence-electron chi connectivity index (χ4n) is 2.33. The third kappa shape index (κ3) is 3.36. The zero-order valence-electron chi connectivity index (χ0n) is 12.6. The minimum absolute atomic E-state index is 0.0732. The number of H-pyrrole nitrogens is 1. The average Bonchev–Trinajstić information content (AvgIpc) is 2.96. The molecule has 3 N–H and O–H groups in total. The van der Waals surface area contributed by atoms with E-state index in [9.17, 15) is 9.90 Å². The lowest BCUT2D eigenvalue weighted by Crippen LogP contribution is -2.32. The molecule has 0 unspecified atom stereocenters. The molecular weight excluding hydrogens is 266 g/mol. The topological polar surface area (TPSA) is 70.0 Å². The van der Waals surface area contributed by atoms with E-state index in [0.29, 0.717) is 0 Å².